The van der Waals surface area contributed by atoms with Gasteiger partial charge in [0.15, 0.2) is 0 Å². The number of carboxylic acids is 1. The van der Waals surface area contributed by atoms with E-state index in [4.69, 9.17) is 5.11 Å². The number of hydrogen-bond donors (Lipinski definition) is 1. The van der Waals surface area contributed by atoms with E-state index >= 15 is 0 Å². The maximum atomic E-state index is 9.94. The molecule has 0 amide bonds. The minimum atomic E-state index is -0.954. The number of hydrogen-bond acceptors (Lipinski definition) is 1. The van der Waals surface area contributed by atoms with Crippen LogP contribution in [0.3, 0.4) is 0 Å². The van der Waals surface area contributed by atoms with Gasteiger partial charge in [0.1, 0.15) is 0 Å². The fraction of sp³-hybridized carbons (Fsp3) is 0.167. The second kappa shape index (κ2) is 5.38. The van der Waals surface area contributed by atoms with E-state index in [0.29, 0.717) is 6.42 Å². The molecule has 0 aliphatic rings. The third-order valence-corrected chi connectivity index (χ3v) is 0.693. The molecule has 0 aliphatic heterocycles. The van der Waals surface area contributed by atoms with Crippen molar-refractivity contribution in [1.29, 1.82) is 0 Å². The van der Waals surface area contributed by atoms with E-state index in [1.54, 1.807) is 0 Å². The molecule has 0 aromatic carbocycles. The Morgan fingerprint density at radius 2 is 2.11 bits per heavy atom. The van der Waals surface area contributed by atoms with Crippen LogP contribution in [-0.4, -0.2) is 11.1 Å². The first-order valence-electron chi connectivity index (χ1n) is 2.20. The maximum absolute atomic E-state index is 9.94. The van der Waals surface area contributed by atoms with Crippen molar-refractivity contribution in [3.8, 4) is 0 Å². The lowest BCUT2D eigenvalue weighted by Gasteiger charge is -1.89. The lowest BCUT2D eigenvalue weighted by atomic mass is 10.2. The second-order valence-electron chi connectivity index (χ2n) is 1.40. The van der Waals surface area contributed by atoms with Crippen LogP contribution in [0.4, 0.5) is 0 Å². The Labute approximate surface area is 60.3 Å². The Morgan fingerprint density at radius 3 is 2.22 bits per heavy atom. The second-order valence-corrected chi connectivity index (χ2v) is 1.40. The highest BCUT2D eigenvalue weighted by Gasteiger charge is 1.97. The third-order valence-electron chi connectivity index (χ3n) is 0.693. The van der Waals surface area contributed by atoms with Crippen molar-refractivity contribution in [1.82, 2.24) is 0 Å². The van der Waals surface area contributed by atoms with Crippen LogP contribution < -0.4 is 0 Å². The first-order valence-corrected chi connectivity index (χ1v) is 2.20. The minimum absolute atomic E-state index is 0. The van der Waals surface area contributed by atoms with E-state index in [2.05, 4.69) is 13.2 Å². The molecule has 0 fully saturated rings. The summed E-state index contributed by atoms with van der Waals surface area (Å²) in [5.74, 6) is -0.954. The van der Waals surface area contributed by atoms with Crippen molar-refractivity contribution in [2.24, 2.45) is 0 Å². The zero-order valence-corrected chi connectivity index (χ0v) is 5.78. The molecular weight excluding hydrogens is 140 g/mol. The van der Waals surface area contributed by atoms with Crippen LogP contribution in [0.15, 0.2) is 24.8 Å². The molecule has 0 rings (SSSR count). The quantitative estimate of drug-likeness (QED) is 0.488. The summed E-state index contributed by atoms with van der Waals surface area (Å²) >= 11 is 0. The van der Waals surface area contributed by atoms with Crippen LogP contribution in [0.2, 0.25) is 0 Å². The summed E-state index contributed by atoms with van der Waals surface area (Å²) in [4.78, 5) is 9.94. The monoisotopic (exact) mass is 148 g/mol. The Balaban J connectivity index is 0. The summed E-state index contributed by atoms with van der Waals surface area (Å²) < 4.78 is 0. The topological polar surface area (TPSA) is 37.3 Å². The van der Waals surface area contributed by atoms with Crippen LogP contribution in [0.25, 0.3) is 0 Å². The van der Waals surface area contributed by atoms with E-state index in [1.165, 1.54) is 6.08 Å². The number of halogens is 1. The van der Waals surface area contributed by atoms with Crippen molar-refractivity contribution >= 4 is 18.4 Å². The maximum Gasteiger partial charge on any atom is 0.331 e. The fourth-order valence-electron chi connectivity index (χ4n) is 0.262. The molecule has 52 valence electrons. The molecule has 0 aromatic heterocycles. The highest BCUT2D eigenvalue weighted by molar-refractivity contribution is 5.86. The van der Waals surface area contributed by atoms with Gasteiger partial charge in [-0.3, -0.25) is 0 Å². The molecule has 0 atom stereocenters. The molecule has 0 spiro atoms. The molecule has 0 radical (unpaired) electrons. The van der Waals surface area contributed by atoms with Gasteiger partial charge in [-0.2, -0.15) is 0 Å². The first-order chi connectivity index (χ1) is 3.68. The average Bonchev–Trinajstić information content (AvgIpc) is 1.67. The Kier molecular flexibility index (Phi) is 6.63. The standard InChI is InChI=1S/C6H8O2.ClH/c1-3-4-5(2)6(7)8;/h3H,1-2,4H2,(H,7,8);1H. The van der Waals surface area contributed by atoms with Crippen molar-refractivity contribution in [2.45, 2.75) is 6.42 Å². The van der Waals surface area contributed by atoms with Crippen LogP contribution in [0.1, 0.15) is 6.42 Å². The van der Waals surface area contributed by atoms with E-state index in [1.807, 2.05) is 0 Å². The van der Waals surface area contributed by atoms with Crippen molar-refractivity contribution < 1.29 is 9.90 Å². The Hall–Kier alpha value is -0.760. The highest BCUT2D eigenvalue weighted by atomic mass is 35.5. The van der Waals surface area contributed by atoms with Gasteiger partial charge >= 0.3 is 5.97 Å². The number of carboxylic acid groups (broad SMARTS) is 1. The van der Waals surface area contributed by atoms with Gasteiger partial charge in [-0.1, -0.05) is 12.7 Å². The van der Waals surface area contributed by atoms with Gasteiger partial charge in [0, 0.05) is 5.57 Å². The first kappa shape index (κ1) is 11.1. The van der Waals surface area contributed by atoms with Gasteiger partial charge in [0.05, 0.1) is 0 Å². The van der Waals surface area contributed by atoms with E-state index < -0.39 is 5.97 Å². The van der Waals surface area contributed by atoms with Gasteiger partial charge in [-0.25, -0.2) is 4.79 Å². The summed E-state index contributed by atoms with van der Waals surface area (Å²) in [6.07, 6.45) is 1.87. The zero-order chi connectivity index (χ0) is 6.57. The van der Waals surface area contributed by atoms with Gasteiger partial charge in [0.2, 0.25) is 0 Å². The molecule has 1 N–H and O–H groups in total. The number of rotatable bonds is 3. The van der Waals surface area contributed by atoms with Gasteiger partial charge in [-0.05, 0) is 6.42 Å². The number of aliphatic carboxylic acids is 1. The minimum Gasteiger partial charge on any atom is -0.478 e. The van der Waals surface area contributed by atoms with Crippen LogP contribution in [-0.2, 0) is 4.79 Å². The fourth-order valence-corrected chi connectivity index (χ4v) is 0.262. The summed E-state index contributed by atoms with van der Waals surface area (Å²) in [5, 5.41) is 8.17. The molecule has 0 heterocycles. The average molecular weight is 149 g/mol. The largest absolute Gasteiger partial charge is 0.478 e. The lowest BCUT2D eigenvalue weighted by molar-refractivity contribution is -0.132. The normalized spacial score (nSPS) is 7.11. The van der Waals surface area contributed by atoms with Gasteiger partial charge in [0.25, 0.3) is 0 Å². The molecule has 9 heavy (non-hydrogen) atoms. The summed E-state index contributed by atoms with van der Waals surface area (Å²) in [7, 11) is 0. The molecule has 0 saturated carbocycles. The smallest absolute Gasteiger partial charge is 0.331 e. The summed E-state index contributed by atoms with van der Waals surface area (Å²) in [6, 6.07) is 0. The van der Waals surface area contributed by atoms with Crippen LogP contribution in [0, 0.1) is 0 Å². The predicted molar refractivity (Wildman–Crippen MR) is 38.8 cm³/mol. The van der Waals surface area contributed by atoms with Crippen molar-refractivity contribution in [2.75, 3.05) is 0 Å². The van der Waals surface area contributed by atoms with E-state index in [0.717, 1.165) is 0 Å². The third kappa shape index (κ3) is 5.11. The molecule has 3 heteroatoms. The van der Waals surface area contributed by atoms with Crippen LogP contribution >= 0.6 is 12.4 Å². The Bertz CT molecular complexity index is 129. The number of carbonyl (C=O) groups is 1. The van der Waals surface area contributed by atoms with E-state index in [9.17, 15) is 4.79 Å². The van der Waals surface area contributed by atoms with Crippen molar-refractivity contribution in [3.05, 3.63) is 24.8 Å². The van der Waals surface area contributed by atoms with Gasteiger partial charge < -0.3 is 5.11 Å². The summed E-state index contributed by atoms with van der Waals surface area (Å²) in [5.41, 5.74) is 0.181. The van der Waals surface area contributed by atoms with Gasteiger partial charge in [-0.15, -0.1) is 19.0 Å². The lowest BCUT2D eigenvalue weighted by Crippen LogP contribution is -1.96. The Morgan fingerprint density at radius 1 is 1.67 bits per heavy atom. The molecule has 0 aromatic rings. The van der Waals surface area contributed by atoms with Crippen LogP contribution in [0.5, 0.6) is 0 Å². The molecule has 0 saturated heterocycles. The molecule has 0 aliphatic carbocycles. The SMILES string of the molecule is C=CCC(=C)C(=O)O.Cl. The summed E-state index contributed by atoms with van der Waals surface area (Å²) in [6.45, 7) is 6.63. The zero-order valence-electron chi connectivity index (χ0n) is 4.96. The molecule has 2 nitrogen and oxygen atoms in total. The number of allylic oxidation sites excluding steroid dienone is 1. The highest BCUT2D eigenvalue weighted by Crippen LogP contribution is 1.95. The van der Waals surface area contributed by atoms with Crippen molar-refractivity contribution in [3.63, 3.8) is 0 Å². The molecule has 0 bridgehead atoms. The van der Waals surface area contributed by atoms with E-state index in [-0.39, 0.29) is 18.0 Å². The molecular formula is C6H9ClO2. The predicted octanol–water partition coefficient (Wildman–Crippen LogP) is 1.63. The molecule has 0 unspecified atom stereocenters.